The first kappa shape index (κ1) is 25.5. The highest BCUT2D eigenvalue weighted by Crippen LogP contribution is 2.36. The van der Waals surface area contributed by atoms with E-state index in [9.17, 15) is 37.1 Å². The van der Waals surface area contributed by atoms with E-state index in [4.69, 9.17) is 0 Å². The molecule has 0 saturated carbocycles. The SMILES string of the molecule is O=[N+]([O-])c1ccc(S(=O)(=O)Nc2cc(Br)c(Br)cc2NS(=O)(=O)c2ccc([N+](=O)[O-])cc2)cc1. The molecule has 3 aromatic carbocycles. The Balaban J connectivity index is 1.97. The molecule has 2 N–H and O–H groups in total. The van der Waals surface area contributed by atoms with Gasteiger partial charge < -0.3 is 0 Å². The zero-order chi connectivity index (χ0) is 25.3. The van der Waals surface area contributed by atoms with Crippen molar-refractivity contribution < 1.29 is 26.7 Å². The molecule has 0 atom stereocenters. The summed E-state index contributed by atoms with van der Waals surface area (Å²) in [6, 6.07) is 10.8. The number of anilines is 2. The second-order valence-electron chi connectivity index (χ2n) is 6.52. The number of sulfonamides is 2. The zero-order valence-electron chi connectivity index (χ0n) is 16.5. The molecule has 0 spiro atoms. The summed E-state index contributed by atoms with van der Waals surface area (Å²) in [5.41, 5.74) is -0.915. The number of benzene rings is 3. The van der Waals surface area contributed by atoms with Gasteiger partial charge in [0.15, 0.2) is 0 Å². The number of nitro groups is 2. The van der Waals surface area contributed by atoms with E-state index in [0.717, 1.165) is 48.5 Å². The van der Waals surface area contributed by atoms with Crippen molar-refractivity contribution in [3.8, 4) is 0 Å². The standard InChI is InChI=1S/C18H12Br2N4O8S2/c19-15-9-17(21-33(29,30)13-5-1-11(2-6-13)23(25)26)18(10-16(15)20)22-34(31,32)14-7-3-12(4-8-14)24(27)28/h1-10,21-22H. The molecule has 178 valence electrons. The Hall–Kier alpha value is -3.08. The third-order valence-electron chi connectivity index (χ3n) is 4.26. The monoisotopic (exact) mass is 634 g/mol. The lowest BCUT2D eigenvalue weighted by Crippen LogP contribution is -2.18. The summed E-state index contributed by atoms with van der Waals surface area (Å²) in [6.45, 7) is 0. The fourth-order valence-electron chi connectivity index (χ4n) is 2.62. The normalized spacial score (nSPS) is 11.6. The molecule has 34 heavy (non-hydrogen) atoms. The third-order valence-corrected chi connectivity index (χ3v) is 8.87. The van der Waals surface area contributed by atoms with Gasteiger partial charge in [0.1, 0.15) is 0 Å². The van der Waals surface area contributed by atoms with Gasteiger partial charge in [0, 0.05) is 33.2 Å². The first-order valence-corrected chi connectivity index (χ1v) is 13.4. The van der Waals surface area contributed by atoms with Gasteiger partial charge in [-0.05, 0) is 68.3 Å². The first-order chi connectivity index (χ1) is 15.8. The average molecular weight is 636 g/mol. The molecule has 0 aliphatic rings. The highest BCUT2D eigenvalue weighted by atomic mass is 79.9. The second kappa shape index (κ2) is 9.65. The van der Waals surface area contributed by atoms with Crippen LogP contribution in [0.25, 0.3) is 0 Å². The average Bonchev–Trinajstić information content (AvgIpc) is 2.77. The Morgan fingerprint density at radius 2 is 0.912 bits per heavy atom. The molecule has 0 saturated heterocycles. The van der Waals surface area contributed by atoms with Gasteiger partial charge in [-0.1, -0.05) is 0 Å². The van der Waals surface area contributed by atoms with Crippen LogP contribution in [0.4, 0.5) is 22.7 Å². The number of nitro benzene ring substituents is 2. The summed E-state index contributed by atoms with van der Waals surface area (Å²) >= 11 is 6.44. The molecule has 0 aromatic heterocycles. The van der Waals surface area contributed by atoms with E-state index < -0.39 is 29.9 Å². The maximum atomic E-state index is 12.8. The van der Waals surface area contributed by atoms with Crippen molar-refractivity contribution >= 4 is 74.7 Å². The number of hydrogen-bond donors (Lipinski definition) is 2. The lowest BCUT2D eigenvalue weighted by Gasteiger charge is -2.16. The minimum atomic E-state index is -4.26. The van der Waals surface area contributed by atoms with Crippen LogP contribution < -0.4 is 9.44 Å². The molecule has 0 fully saturated rings. The summed E-state index contributed by atoms with van der Waals surface area (Å²) in [6.07, 6.45) is 0. The minimum absolute atomic E-state index is 0.154. The molecule has 0 heterocycles. The number of non-ortho nitro benzene ring substituents is 2. The van der Waals surface area contributed by atoms with Gasteiger partial charge in [0.05, 0.1) is 31.0 Å². The topological polar surface area (TPSA) is 179 Å². The lowest BCUT2D eigenvalue weighted by atomic mass is 10.3. The molecular weight excluding hydrogens is 624 g/mol. The van der Waals surface area contributed by atoms with Crippen molar-refractivity contribution in [2.45, 2.75) is 9.79 Å². The maximum Gasteiger partial charge on any atom is 0.269 e. The predicted molar refractivity (Wildman–Crippen MR) is 130 cm³/mol. The number of nitrogens with one attached hydrogen (secondary N) is 2. The van der Waals surface area contributed by atoms with Crippen molar-refractivity contribution in [1.82, 2.24) is 0 Å². The van der Waals surface area contributed by atoms with E-state index in [1.807, 2.05) is 0 Å². The number of hydrogen-bond acceptors (Lipinski definition) is 8. The van der Waals surface area contributed by atoms with Crippen LogP contribution in [0.1, 0.15) is 0 Å². The molecule has 0 unspecified atom stereocenters. The van der Waals surface area contributed by atoms with E-state index >= 15 is 0 Å². The quantitative estimate of drug-likeness (QED) is 0.265. The van der Waals surface area contributed by atoms with Crippen LogP contribution in [0.5, 0.6) is 0 Å². The first-order valence-electron chi connectivity index (χ1n) is 8.84. The Kier molecular flexibility index (Phi) is 7.25. The fourth-order valence-corrected chi connectivity index (χ4v) is 5.45. The molecule has 0 radical (unpaired) electrons. The molecule has 0 bridgehead atoms. The summed E-state index contributed by atoms with van der Waals surface area (Å²) in [7, 11) is -8.52. The van der Waals surface area contributed by atoms with Gasteiger partial charge >= 0.3 is 0 Å². The molecule has 12 nitrogen and oxygen atoms in total. The third kappa shape index (κ3) is 5.69. The summed E-state index contributed by atoms with van der Waals surface area (Å²) in [5, 5.41) is 21.6. The van der Waals surface area contributed by atoms with Crippen molar-refractivity contribution in [3.05, 3.63) is 89.8 Å². The Labute approximate surface area is 209 Å². The lowest BCUT2D eigenvalue weighted by molar-refractivity contribution is -0.385. The van der Waals surface area contributed by atoms with Crippen LogP contribution in [0.3, 0.4) is 0 Å². The van der Waals surface area contributed by atoms with Crippen LogP contribution in [0.2, 0.25) is 0 Å². The van der Waals surface area contributed by atoms with E-state index in [0.29, 0.717) is 8.95 Å². The predicted octanol–water partition coefficient (Wildman–Crippen LogP) is 4.63. The van der Waals surface area contributed by atoms with Crippen LogP contribution in [0.15, 0.2) is 79.4 Å². The molecule has 3 rings (SSSR count). The number of rotatable bonds is 8. The number of halogens is 2. The highest BCUT2D eigenvalue weighted by Gasteiger charge is 2.22. The molecule has 0 aliphatic heterocycles. The zero-order valence-corrected chi connectivity index (χ0v) is 21.3. The molecule has 0 aliphatic carbocycles. The smallest absolute Gasteiger partial charge is 0.269 e. The van der Waals surface area contributed by atoms with Crippen LogP contribution >= 0.6 is 31.9 Å². The highest BCUT2D eigenvalue weighted by molar-refractivity contribution is 9.13. The second-order valence-corrected chi connectivity index (χ2v) is 11.6. The summed E-state index contributed by atoms with van der Waals surface area (Å²) in [4.78, 5) is 19.7. The van der Waals surface area contributed by atoms with Crippen molar-refractivity contribution in [2.75, 3.05) is 9.44 Å². The van der Waals surface area contributed by atoms with Gasteiger partial charge in [0.25, 0.3) is 31.4 Å². The molecule has 3 aromatic rings. The van der Waals surface area contributed by atoms with E-state index in [1.165, 1.54) is 12.1 Å². The van der Waals surface area contributed by atoms with Crippen molar-refractivity contribution in [2.24, 2.45) is 0 Å². The van der Waals surface area contributed by atoms with E-state index in [-0.39, 0.29) is 32.5 Å². The van der Waals surface area contributed by atoms with Gasteiger partial charge in [0.2, 0.25) is 0 Å². The van der Waals surface area contributed by atoms with Crippen LogP contribution in [-0.2, 0) is 20.0 Å². The van der Waals surface area contributed by atoms with Gasteiger partial charge in [-0.2, -0.15) is 0 Å². The van der Waals surface area contributed by atoms with Crippen molar-refractivity contribution in [3.63, 3.8) is 0 Å². The molecule has 0 amide bonds. The minimum Gasteiger partial charge on any atom is -0.277 e. The number of nitrogens with zero attached hydrogens (tertiary/aromatic N) is 2. The summed E-state index contributed by atoms with van der Waals surface area (Å²) < 4.78 is 56.6. The van der Waals surface area contributed by atoms with E-state index in [1.54, 1.807) is 0 Å². The fraction of sp³-hybridized carbons (Fsp3) is 0. The molecular formula is C18H12Br2N4O8S2. The summed E-state index contributed by atoms with van der Waals surface area (Å²) in [5.74, 6) is 0. The van der Waals surface area contributed by atoms with Gasteiger partial charge in [-0.15, -0.1) is 0 Å². The van der Waals surface area contributed by atoms with Gasteiger partial charge in [-0.3, -0.25) is 29.7 Å². The van der Waals surface area contributed by atoms with E-state index in [2.05, 4.69) is 41.3 Å². The maximum absolute atomic E-state index is 12.8. The van der Waals surface area contributed by atoms with Crippen molar-refractivity contribution in [1.29, 1.82) is 0 Å². The Morgan fingerprint density at radius 1 is 0.618 bits per heavy atom. The molecule has 16 heteroatoms. The van der Waals surface area contributed by atoms with Crippen LogP contribution in [0, 0.1) is 20.2 Å². The van der Waals surface area contributed by atoms with Crippen LogP contribution in [-0.4, -0.2) is 26.7 Å². The largest absolute Gasteiger partial charge is 0.277 e. The Morgan fingerprint density at radius 3 is 1.18 bits per heavy atom. The van der Waals surface area contributed by atoms with Gasteiger partial charge in [-0.25, -0.2) is 16.8 Å². The Bertz CT molecular complexity index is 1380.